The molecule has 3 amide bonds. The molecule has 2 aliphatic rings. The molecule has 4 rings (SSSR count). The van der Waals surface area contributed by atoms with Gasteiger partial charge in [-0.15, -0.1) is 0 Å². The van der Waals surface area contributed by atoms with Crippen LogP contribution in [0.4, 0.5) is 0 Å². The number of hydrogen-bond donors (Lipinski definition) is 1. The normalized spacial score (nSPS) is 22.7. The minimum Gasteiger partial charge on any atom is -0.350 e. The van der Waals surface area contributed by atoms with Gasteiger partial charge in [0.15, 0.2) is 0 Å². The molecule has 0 aromatic carbocycles. The number of carbonyl (C=O) groups excluding carboxylic acids is 3. The Bertz CT molecular complexity index is 802. The van der Waals surface area contributed by atoms with E-state index in [2.05, 4.69) is 10.3 Å². The third-order valence-electron chi connectivity index (χ3n) is 5.38. The SMILES string of the molecule is O=C(CCN1C(=O)[C@@H]2CCCC[C@H]2C1=O)NCc1cn2ccccc2n1. The third kappa shape index (κ3) is 3.09. The van der Waals surface area contributed by atoms with Gasteiger partial charge in [0.25, 0.3) is 0 Å². The van der Waals surface area contributed by atoms with E-state index in [0.717, 1.165) is 37.0 Å². The van der Waals surface area contributed by atoms with Crippen LogP contribution in [-0.2, 0) is 20.9 Å². The molecule has 2 fully saturated rings. The van der Waals surface area contributed by atoms with Crippen molar-refractivity contribution < 1.29 is 14.4 Å². The summed E-state index contributed by atoms with van der Waals surface area (Å²) in [6.45, 7) is 0.495. The fourth-order valence-electron chi connectivity index (χ4n) is 4.01. The highest BCUT2D eigenvalue weighted by molar-refractivity contribution is 6.05. The molecule has 2 aromatic rings. The number of likely N-dealkylation sites (tertiary alicyclic amines) is 1. The number of carbonyl (C=O) groups is 3. The van der Waals surface area contributed by atoms with Crippen molar-refractivity contribution in [3.05, 3.63) is 36.3 Å². The first-order chi connectivity index (χ1) is 12.6. The molecule has 0 radical (unpaired) electrons. The zero-order chi connectivity index (χ0) is 18.1. The summed E-state index contributed by atoms with van der Waals surface area (Å²) in [5.74, 6) is -0.673. The van der Waals surface area contributed by atoms with E-state index in [0.29, 0.717) is 6.54 Å². The van der Waals surface area contributed by atoms with Crippen LogP contribution in [0.3, 0.4) is 0 Å². The quantitative estimate of drug-likeness (QED) is 0.825. The summed E-state index contributed by atoms with van der Waals surface area (Å²) >= 11 is 0. The van der Waals surface area contributed by atoms with Gasteiger partial charge < -0.3 is 9.72 Å². The van der Waals surface area contributed by atoms with E-state index in [9.17, 15) is 14.4 Å². The molecule has 0 spiro atoms. The molecule has 2 atom stereocenters. The lowest BCUT2D eigenvalue weighted by Gasteiger charge is -2.19. The molecular weight excluding hydrogens is 332 g/mol. The van der Waals surface area contributed by atoms with E-state index in [1.807, 2.05) is 35.0 Å². The van der Waals surface area contributed by atoms with Crippen molar-refractivity contribution in [2.24, 2.45) is 11.8 Å². The van der Waals surface area contributed by atoms with E-state index in [1.54, 1.807) is 0 Å². The Hall–Kier alpha value is -2.70. The summed E-state index contributed by atoms with van der Waals surface area (Å²) in [4.78, 5) is 42.6. The Morgan fingerprint density at radius 3 is 2.58 bits per heavy atom. The molecular formula is C19H22N4O3. The van der Waals surface area contributed by atoms with E-state index in [4.69, 9.17) is 0 Å². The largest absolute Gasteiger partial charge is 0.350 e. The zero-order valence-corrected chi connectivity index (χ0v) is 14.6. The number of fused-ring (bicyclic) bond motifs is 2. The van der Waals surface area contributed by atoms with Gasteiger partial charge in [-0.1, -0.05) is 18.9 Å². The van der Waals surface area contributed by atoms with Crippen LogP contribution in [0.25, 0.3) is 5.65 Å². The number of aromatic nitrogens is 2. The van der Waals surface area contributed by atoms with E-state index in [1.165, 1.54) is 4.90 Å². The number of amides is 3. The average Bonchev–Trinajstić information content (AvgIpc) is 3.18. The maximum absolute atomic E-state index is 12.4. The molecule has 0 bridgehead atoms. The molecule has 26 heavy (non-hydrogen) atoms. The lowest BCUT2D eigenvalue weighted by molar-refractivity contribution is -0.140. The average molecular weight is 354 g/mol. The first-order valence-electron chi connectivity index (χ1n) is 9.18. The maximum Gasteiger partial charge on any atom is 0.233 e. The topological polar surface area (TPSA) is 83.8 Å². The van der Waals surface area contributed by atoms with Crippen LogP contribution in [-0.4, -0.2) is 38.6 Å². The van der Waals surface area contributed by atoms with E-state index >= 15 is 0 Å². The van der Waals surface area contributed by atoms with Crippen molar-refractivity contribution >= 4 is 23.4 Å². The highest BCUT2D eigenvalue weighted by atomic mass is 16.2. The highest BCUT2D eigenvalue weighted by Gasteiger charge is 2.47. The standard InChI is InChI=1S/C19H22N4O3/c24-17(20-11-13-12-22-9-4-3-7-16(22)21-13)8-10-23-18(25)14-5-1-2-6-15(14)19(23)26/h3-4,7,9,12,14-15H,1-2,5-6,8,10-11H2,(H,20,24)/t14-,15-/m1/s1. The van der Waals surface area contributed by atoms with Gasteiger partial charge in [-0.25, -0.2) is 4.98 Å². The fourth-order valence-corrected chi connectivity index (χ4v) is 4.01. The maximum atomic E-state index is 12.4. The third-order valence-corrected chi connectivity index (χ3v) is 5.38. The molecule has 136 valence electrons. The van der Waals surface area contributed by atoms with Crippen LogP contribution in [0.15, 0.2) is 30.6 Å². The van der Waals surface area contributed by atoms with E-state index in [-0.39, 0.29) is 42.5 Å². The van der Waals surface area contributed by atoms with Crippen molar-refractivity contribution in [1.29, 1.82) is 0 Å². The monoisotopic (exact) mass is 354 g/mol. The van der Waals surface area contributed by atoms with Crippen LogP contribution in [0.1, 0.15) is 37.8 Å². The van der Waals surface area contributed by atoms with Crippen molar-refractivity contribution in [3.63, 3.8) is 0 Å². The lowest BCUT2D eigenvalue weighted by Crippen LogP contribution is -2.35. The molecule has 3 heterocycles. The van der Waals surface area contributed by atoms with Crippen molar-refractivity contribution in [2.75, 3.05) is 6.54 Å². The van der Waals surface area contributed by atoms with Gasteiger partial charge >= 0.3 is 0 Å². The first-order valence-corrected chi connectivity index (χ1v) is 9.18. The van der Waals surface area contributed by atoms with Gasteiger partial charge in [-0.2, -0.15) is 0 Å². The summed E-state index contributed by atoms with van der Waals surface area (Å²) in [5.41, 5.74) is 1.59. The molecule has 2 aromatic heterocycles. The van der Waals surface area contributed by atoms with Crippen LogP contribution in [0.2, 0.25) is 0 Å². The molecule has 1 saturated heterocycles. The zero-order valence-electron chi connectivity index (χ0n) is 14.6. The van der Waals surface area contributed by atoms with Gasteiger partial charge in [-0.05, 0) is 25.0 Å². The van der Waals surface area contributed by atoms with Gasteiger partial charge in [0.1, 0.15) is 5.65 Å². The second-order valence-corrected chi connectivity index (χ2v) is 7.05. The minimum atomic E-state index is -0.183. The second kappa shape index (κ2) is 6.90. The second-order valence-electron chi connectivity index (χ2n) is 7.05. The van der Waals surface area contributed by atoms with Crippen LogP contribution in [0, 0.1) is 11.8 Å². The van der Waals surface area contributed by atoms with Crippen LogP contribution < -0.4 is 5.32 Å². The number of hydrogen-bond acceptors (Lipinski definition) is 4. The Kier molecular flexibility index (Phi) is 4.44. The summed E-state index contributed by atoms with van der Waals surface area (Å²) in [5, 5.41) is 2.81. The summed E-state index contributed by atoms with van der Waals surface area (Å²) < 4.78 is 1.89. The Morgan fingerprint density at radius 1 is 1.15 bits per heavy atom. The highest BCUT2D eigenvalue weighted by Crippen LogP contribution is 2.37. The summed E-state index contributed by atoms with van der Waals surface area (Å²) in [7, 11) is 0. The number of nitrogens with one attached hydrogen (secondary N) is 1. The van der Waals surface area contributed by atoms with Gasteiger partial charge in [0.05, 0.1) is 24.1 Å². The molecule has 7 nitrogen and oxygen atoms in total. The van der Waals surface area contributed by atoms with Crippen molar-refractivity contribution in [1.82, 2.24) is 19.6 Å². The Labute approximate surface area is 151 Å². The molecule has 1 aliphatic heterocycles. The predicted octanol–water partition coefficient (Wildman–Crippen LogP) is 1.52. The van der Waals surface area contributed by atoms with Gasteiger partial charge in [0.2, 0.25) is 17.7 Å². The minimum absolute atomic E-state index is 0.0900. The molecule has 1 aliphatic carbocycles. The number of pyridine rings is 1. The van der Waals surface area contributed by atoms with E-state index < -0.39 is 0 Å². The number of imide groups is 1. The number of rotatable bonds is 5. The van der Waals surface area contributed by atoms with Crippen molar-refractivity contribution in [3.8, 4) is 0 Å². The summed E-state index contributed by atoms with van der Waals surface area (Å²) in [6, 6.07) is 5.72. The fraction of sp³-hybridized carbons (Fsp3) is 0.474. The Balaban J connectivity index is 1.30. The number of imidazole rings is 1. The molecule has 1 saturated carbocycles. The molecule has 0 unspecified atom stereocenters. The van der Waals surface area contributed by atoms with Crippen LogP contribution in [0.5, 0.6) is 0 Å². The lowest BCUT2D eigenvalue weighted by atomic mass is 9.81. The molecule has 7 heteroatoms. The van der Waals surface area contributed by atoms with Gasteiger partial charge in [-0.3, -0.25) is 19.3 Å². The van der Waals surface area contributed by atoms with Gasteiger partial charge in [0, 0.05) is 25.4 Å². The first kappa shape index (κ1) is 16.8. The molecule has 1 N–H and O–H groups in total. The summed E-state index contributed by atoms with van der Waals surface area (Å²) in [6.07, 6.45) is 7.51. The number of nitrogens with zero attached hydrogens (tertiary/aromatic N) is 3. The Morgan fingerprint density at radius 2 is 1.88 bits per heavy atom. The smallest absolute Gasteiger partial charge is 0.233 e. The predicted molar refractivity (Wildman–Crippen MR) is 93.8 cm³/mol. The van der Waals surface area contributed by atoms with Crippen LogP contribution >= 0.6 is 0 Å². The van der Waals surface area contributed by atoms with Crippen molar-refractivity contribution in [2.45, 2.75) is 38.6 Å².